The minimum absolute atomic E-state index is 0.0487. The third-order valence-electron chi connectivity index (χ3n) is 4.38. The number of amides is 1. The third kappa shape index (κ3) is 4.39. The van der Waals surface area contributed by atoms with Crippen molar-refractivity contribution < 1.29 is 4.79 Å². The highest BCUT2D eigenvalue weighted by atomic mass is 16.2. The van der Waals surface area contributed by atoms with Gasteiger partial charge in [0.1, 0.15) is 5.82 Å². The summed E-state index contributed by atoms with van der Waals surface area (Å²) < 4.78 is 0. The number of carbonyl (C=O) groups excluding carboxylic acids is 1. The number of benzene rings is 1. The highest BCUT2D eigenvalue weighted by molar-refractivity contribution is 5.91. The summed E-state index contributed by atoms with van der Waals surface area (Å²) in [7, 11) is 3.95. The van der Waals surface area contributed by atoms with Crippen LogP contribution in [0.5, 0.6) is 0 Å². The average Bonchev–Trinajstić information content (AvgIpc) is 2.66. The predicted octanol–water partition coefficient (Wildman–Crippen LogP) is 2.21. The molecule has 1 aliphatic heterocycles. The Kier molecular flexibility index (Phi) is 5.51. The van der Waals surface area contributed by atoms with Crippen molar-refractivity contribution in [1.29, 1.82) is 0 Å². The van der Waals surface area contributed by atoms with Gasteiger partial charge in [-0.15, -0.1) is 0 Å². The molecule has 3 rings (SSSR count). The van der Waals surface area contributed by atoms with Gasteiger partial charge in [0.25, 0.3) is 0 Å². The summed E-state index contributed by atoms with van der Waals surface area (Å²) >= 11 is 0. The summed E-state index contributed by atoms with van der Waals surface area (Å²) in [5, 5.41) is 0. The molecule has 1 aromatic carbocycles. The largest absolute Gasteiger partial charge is 0.363 e. The van der Waals surface area contributed by atoms with Crippen LogP contribution in [0.1, 0.15) is 11.3 Å². The molecular formula is C20H25N5O. The Balaban J connectivity index is 1.60. The molecule has 0 bridgehead atoms. The average molecular weight is 351 g/mol. The fraction of sp³-hybridized carbons (Fsp3) is 0.350. The van der Waals surface area contributed by atoms with Gasteiger partial charge in [-0.1, -0.05) is 30.3 Å². The van der Waals surface area contributed by atoms with Crippen LogP contribution in [0.3, 0.4) is 0 Å². The monoisotopic (exact) mass is 351 g/mol. The molecule has 1 saturated heterocycles. The van der Waals surface area contributed by atoms with Crippen molar-refractivity contribution in [3.63, 3.8) is 0 Å². The van der Waals surface area contributed by atoms with Gasteiger partial charge in [-0.05, 0) is 18.6 Å². The molecule has 0 spiro atoms. The lowest BCUT2D eigenvalue weighted by molar-refractivity contribution is -0.126. The van der Waals surface area contributed by atoms with Crippen molar-refractivity contribution in [2.45, 2.75) is 6.92 Å². The van der Waals surface area contributed by atoms with Gasteiger partial charge < -0.3 is 14.7 Å². The number of carbonyl (C=O) groups is 1. The topological polar surface area (TPSA) is 52.6 Å². The molecule has 0 radical (unpaired) electrons. The maximum atomic E-state index is 12.4. The van der Waals surface area contributed by atoms with Crippen molar-refractivity contribution in [3.8, 4) is 0 Å². The van der Waals surface area contributed by atoms with Crippen molar-refractivity contribution in [3.05, 3.63) is 53.7 Å². The van der Waals surface area contributed by atoms with Crippen LogP contribution in [0, 0.1) is 6.92 Å². The van der Waals surface area contributed by atoms with Crippen molar-refractivity contribution >= 4 is 23.7 Å². The van der Waals surface area contributed by atoms with Gasteiger partial charge in [0.05, 0.1) is 0 Å². The molecule has 0 unspecified atom stereocenters. The number of aromatic nitrogens is 2. The molecule has 6 heteroatoms. The summed E-state index contributed by atoms with van der Waals surface area (Å²) in [6.45, 7) is 4.80. The smallest absolute Gasteiger partial charge is 0.246 e. The minimum atomic E-state index is 0.0487. The van der Waals surface area contributed by atoms with Crippen LogP contribution in [0.15, 0.2) is 42.5 Å². The molecule has 136 valence electrons. The zero-order valence-electron chi connectivity index (χ0n) is 15.6. The molecule has 0 atom stereocenters. The van der Waals surface area contributed by atoms with Gasteiger partial charge in [0.15, 0.2) is 0 Å². The van der Waals surface area contributed by atoms with Crippen LogP contribution in [-0.4, -0.2) is 61.0 Å². The second-order valence-electron chi connectivity index (χ2n) is 6.62. The van der Waals surface area contributed by atoms with Gasteiger partial charge >= 0.3 is 0 Å². The molecule has 26 heavy (non-hydrogen) atoms. The molecule has 6 nitrogen and oxygen atoms in total. The van der Waals surface area contributed by atoms with Gasteiger partial charge in [-0.25, -0.2) is 4.98 Å². The standard InChI is InChI=1S/C20H25N5O/c1-16-15-18(23(2)3)22-20(21-16)25-13-11-24(12-14-25)19(26)10-9-17-7-5-4-6-8-17/h4-10,15H,11-14H2,1-3H3/b10-9+. The first-order chi connectivity index (χ1) is 12.5. The fourth-order valence-corrected chi connectivity index (χ4v) is 2.87. The van der Waals surface area contributed by atoms with Crippen molar-refractivity contribution in [2.24, 2.45) is 0 Å². The lowest BCUT2D eigenvalue weighted by atomic mass is 10.2. The van der Waals surface area contributed by atoms with Gasteiger partial charge in [-0.3, -0.25) is 4.79 Å². The number of rotatable bonds is 4. The predicted molar refractivity (Wildman–Crippen MR) is 105 cm³/mol. The Labute approximate surface area is 154 Å². The third-order valence-corrected chi connectivity index (χ3v) is 4.38. The molecule has 0 aliphatic carbocycles. The number of piperazine rings is 1. The van der Waals surface area contributed by atoms with E-state index in [1.54, 1.807) is 6.08 Å². The molecular weight excluding hydrogens is 326 g/mol. The van der Waals surface area contributed by atoms with E-state index < -0.39 is 0 Å². The second-order valence-corrected chi connectivity index (χ2v) is 6.62. The maximum Gasteiger partial charge on any atom is 0.246 e. The molecule has 2 aromatic rings. The first-order valence-electron chi connectivity index (χ1n) is 8.83. The molecule has 0 N–H and O–H groups in total. The molecule has 1 amide bonds. The maximum absolute atomic E-state index is 12.4. The van der Waals surface area contributed by atoms with Gasteiger partial charge in [0, 0.05) is 58.1 Å². The van der Waals surface area contributed by atoms with E-state index in [-0.39, 0.29) is 5.91 Å². The summed E-state index contributed by atoms with van der Waals surface area (Å²) in [6.07, 6.45) is 3.51. The summed E-state index contributed by atoms with van der Waals surface area (Å²) in [6, 6.07) is 11.8. The second kappa shape index (κ2) is 7.99. The van der Waals surface area contributed by atoms with Crippen LogP contribution in [0.25, 0.3) is 6.08 Å². The van der Waals surface area contributed by atoms with E-state index in [4.69, 9.17) is 0 Å². The number of hydrogen-bond donors (Lipinski definition) is 0. The van der Waals surface area contributed by atoms with E-state index in [1.165, 1.54) is 0 Å². The zero-order chi connectivity index (χ0) is 18.5. The molecule has 1 fully saturated rings. The van der Waals surface area contributed by atoms with Crippen molar-refractivity contribution in [1.82, 2.24) is 14.9 Å². The minimum Gasteiger partial charge on any atom is -0.363 e. The Bertz CT molecular complexity index is 780. The molecule has 0 saturated carbocycles. The van der Waals surface area contributed by atoms with E-state index >= 15 is 0 Å². The van der Waals surface area contributed by atoms with Gasteiger partial charge in [-0.2, -0.15) is 4.98 Å². The van der Waals surface area contributed by atoms with Crippen LogP contribution < -0.4 is 9.80 Å². The summed E-state index contributed by atoms with van der Waals surface area (Å²) in [5.41, 5.74) is 1.98. The summed E-state index contributed by atoms with van der Waals surface area (Å²) in [5.74, 6) is 1.69. The molecule has 2 heterocycles. The highest BCUT2D eigenvalue weighted by Gasteiger charge is 2.22. The Hall–Kier alpha value is -2.89. The van der Waals surface area contributed by atoms with E-state index in [2.05, 4.69) is 14.9 Å². The zero-order valence-corrected chi connectivity index (χ0v) is 15.6. The molecule has 1 aromatic heterocycles. The van der Waals surface area contributed by atoms with E-state index in [1.807, 2.05) is 73.3 Å². The SMILES string of the molecule is Cc1cc(N(C)C)nc(N2CCN(C(=O)/C=C/c3ccccc3)CC2)n1. The summed E-state index contributed by atoms with van der Waals surface area (Å²) in [4.78, 5) is 27.6. The number of nitrogens with zero attached hydrogens (tertiary/aromatic N) is 5. The van der Waals surface area contributed by atoms with Crippen LogP contribution in [-0.2, 0) is 4.79 Å². The van der Waals surface area contributed by atoms with Crippen LogP contribution >= 0.6 is 0 Å². The van der Waals surface area contributed by atoms with E-state index in [9.17, 15) is 4.79 Å². The fourth-order valence-electron chi connectivity index (χ4n) is 2.87. The number of aryl methyl sites for hydroxylation is 1. The Morgan fingerprint density at radius 3 is 2.42 bits per heavy atom. The normalized spacial score (nSPS) is 14.7. The van der Waals surface area contributed by atoms with Gasteiger partial charge in [0.2, 0.25) is 11.9 Å². The first-order valence-corrected chi connectivity index (χ1v) is 8.83. The molecule has 1 aliphatic rings. The van der Waals surface area contributed by atoms with E-state index in [0.29, 0.717) is 13.1 Å². The lowest BCUT2D eigenvalue weighted by Gasteiger charge is -2.34. The van der Waals surface area contributed by atoms with Crippen LogP contribution in [0.2, 0.25) is 0 Å². The van der Waals surface area contributed by atoms with Crippen molar-refractivity contribution in [2.75, 3.05) is 50.1 Å². The van der Waals surface area contributed by atoms with E-state index in [0.717, 1.165) is 36.1 Å². The highest BCUT2D eigenvalue weighted by Crippen LogP contribution is 2.17. The quantitative estimate of drug-likeness (QED) is 0.791. The number of anilines is 2. The first kappa shape index (κ1) is 17.9. The lowest BCUT2D eigenvalue weighted by Crippen LogP contribution is -2.49. The van der Waals surface area contributed by atoms with Crippen LogP contribution in [0.4, 0.5) is 11.8 Å². The Morgan fingerprint density at radius 2 is 1.77 bits per heavy atom. The Morgan fingerprint density at radius 1 is 1.08 bits per heavy atom. The number of hydrogen-bond acceptors (Lipinski definition) is 5.